The highest BCUT2D eigenvalue weighted by Gasteiger charge is 2.27. The number of phosphoric acid groups is 1. The molecule has 0 amide bonds. The van der Waals surface area contributed by atoms with E-state index in [4.69, 9.17) is 23.0 Å². The van der Waals surface area contributed by atoms with Crippen LogP contribution in [-0.2, 0) is 34.2 Å². The molecule has 2 atom stereocenters. The molecule has 0 saturated heterocycles. The third-order valence-electron chi connectivity index (χ3n) is 3.08. The standard InChI is InChI=1S/C17H29O6P/c1-4-11-20-14-17(21-12-5-2)15-23-24(18,19-3)22-13-16-9-7-6-8-10-16/h6-10,17H,4-5,11-15H2,1-3H3/t17-,24-/m1/s1. The molecule has 24 heavy (non-hydrogen) atoms. The predicted molar refractivity (Wildman–Crippen MR) is 92.9 cm³/mol. The minimum atomic E-state index is -3.63. The van der Waals surface area contributed by atoms with Crippen LogP contribution in [0.3, 0.4) is 0 Å². The van der Waals surface area contributed by atoms with Gasteiger partial charge in [0.2, 0.25) is 0 Å². The predicted octanol–water partition coefficient (Wildman–Crippen LogP) is 4.20. The zero-order chi connectivity index (χ0) is 17.7. The molecule has 0 radical (unpaired) electrons. The van der Waals surface area contributed by atoms with Gasteiger partial charge in [-0.1, -0.05) is 44.2 Å². The number of hydrogen-bond donors (Lipinski definition) is 0. The second-order valence-electron chi connectivity index (χ2n) is 5.25. The molecule has 1 aromatic rings. The largest absolute Gasteiger partial charge is 0.474 e. The van der Waals surface area contributed by atoms with E-state index >= 15 is 0 Å². The minimum Gasteiger partial charge on any atom is -0.379 e. The zero-order valence-corrected chi connectivity index (χ0v) is 15.7. The summed E-state index contributed by atoms with van der Waals surface area (Å²) in [6.07, 6.45) is 1.51. The Labute approximate surface area is 145 Å². The Bertz CT molecular complexity index is 467. The average Bonchev–Trinajstić information content (AvgIpc) is 2.63. The first-order valence-corrected chi connectivity index (χ1v) is 9.77. The van der Waals surface area contributed by atoms with Gasteiger partial charge < -0.3 is 9.47 Å². The van der Waals surface area contributed by atoms with Crippen molar-refractivity contribution in [3.8, 4) is 0 Å². The van der Waals surface area contributed by atoms with Crippen molar-refractivity contribution in [2.45, 2.75) is 39.4 Å². The molecule has 6 nitrogen and oxygen atoms in total. The third-order valence-corrected chi connectivity index (χ3v) is 4.44. The van der Waals surface area contributed by atoms with Crippen LogP contribution in [-0.4, -0.2) is 39.6 Å². The molecule has 0 aliphatic rings. The maximum atomic E-state index is 12.5. The highest BCUT2D eigenvalue weighted by Crippen LogP contribution is 2.49. The topological polar surface area (TPSA) is 63.2 Å². The van der Waals surface area contributed by atoms with Crippen LogP contribution in [0, 0.1) is 0 Å². The van der Waals surface area contributed by atoms with Crippen molar-refractivity contribution in [3.63, 3.8) is 0 Å². The van der Waals surface area contributed by atoms with Gasteiger partial charge in [-0.05, 0) is 18.4 Å². The molecule has 0 fully saturated rings. The van der Waals surface area contributed by atoms with Gasteiger partial charge >= 0.3 is 7.82 Å². The molecule has 7 heteroatoms. The van der Waals surface area contributed by atoms with Crippen molar-refractivity contribution < 1.29 is 27.6 Å². The minimum absolute atomic E-state index is 0.0869. The van der Waals surface area contributed by atoms with E-state index in [1.165, 1.54) is 7.11 Å². The number of rotatable bonds is 14. The molecule has 0 heterocycles. The second-order valence-corrected chi connectivity index (χ2v) is 7.03. The Morgan fingerprint density at radius 3 is 2.33 bits per heavy atom. The summed E-state index contributed by atoms with van der Waals surface area (Å²) in [5, 5.41) is 0. The Balaban J connectivity index is 2.48. The van der Waals surface area contributed by atoms with E-state index in [9.17, 15) is 4.57 Å². The molecular weight excluding hydrogens is 331 g/mol. The SMILES string of the molecule is CCCOC[C@H](CO[P@](=O)(OC)OCc1ccccc1)OCCC. The zero-order valence-electron chi connectivity index (χ0n) is 14.8. The fourth-order valence-electron chi connectivity index (χ4n) is 1.83. The molecule has 0 bridgehead atoms. The molecule has 0 spiro atoms. The number of ether oxygens (including phenoxy) is 2. The van der Waals surface area contributed by atoms with Crippen LogP contribution >= 0.6 is 7.82 Å². The van der Waals surface area contributed by atoms with E-state index in [0.717, 1.165) is 18.4 Å². The van der Waals surface area contributed by atoms with Gasteiger partial charge in [0, 0.05) is 20.3 Å². The summed E-state index contributed by atoms with van der Waals surface area (Å²) in [6.45, 7) is 5.92. The van der Waals surface area contributed by atoms with E-state index in [1.807, 2.05) is 44.2 Å². The summed E-state index contributed by atoms with van der Waals surface area (Å²) in [6, 6.07) is 9.44. The van der Waals surface area contributed by atoms with Crippen molar-refractivity contribution in [2.75, 3.05) is 33.5 Å². The first kappa shape index (κ1) is 21.3. The summed E-state index contributed by atoms with van der Waals surface area (Å²) < 4.78 is 39.4. The molecule has 0 aliphatic heterocycles. The van der Waals surface area contributed by atoms with Gasteiger partial charge in [0.05, 0.1) is 19.8 Å². The molecule has 1 rings (SSSR count). The number of phosphoric ester groups is 1. The van der Waals surface area contributed by atoms with Crippen LogP contribution in [0.5, 0.6) is 0 Å². The number of hydrogen-bond acceptors (Lipinski definition) is 6. The van der Waals surface area contributed by atoms with E-state index < -0.39 is 7.82 Å². The fraction of sp³-hybridized carbons (Fsp3) is 0.647. The molecule has 0 saturated carbocycles. The molecule has 0 unspecified atom stereocenters. The van der Waals surface area contributed by atoms with Crippen LogP contribution in [0.25, 0.3) is 0 Å². The molecule has 0 aromatic heterocycles. The lowest BCUT2D eigenvalue weighted by Gasteiger charge is -2.21. The maximum Gasteiger partial charge on any atom is 0.474 e. The van der Waals surface area contributed by atoms with Crippen LogP contribution < -0.4 is 0 Å². The van der Waals surface area contributed by atoms with Gasteiger partial charge in [-0.25, -0.2) is 4.57 Å². The van der Waals surface area contributed by atoms with Crippen LogP contribution in [0.4, 0.5) is 0 Å². The lowest BCUT2D eigenvalue weighted by molar-refractivity contribution is -0.0437. The Morgan fingerprint density at radius 2 is 1.71 bits per heavy atom. The monoisotopic (exact) mass is 360 g/mol. The van der Waals surface area contributed by atoms with Crippen LogP contribution in [0.1, 0.15) is 32.3 Å². The van der Waals surface area contributed by atoms with Crippen molar-refractivity contribution in [3.05, 3.63) is 35.9 Å². The molecular formula is C17H29O6P. The fourth-order valence-corrected chi connectivity index (χ4v) is 2.77. The lowest BCUT2D eigenvalue weighted by Crippen LogP contribution is -2.26. The van der Waals surface area contributed by atoms with Crippen LogP contribution in [0.15, 0.2) is 30.3 Å². The summed E-state index contributed by atoms with van der Waals surface area (Å²) in [5.41, 5.74) is 0.892. The van der Waals surface area contributed by atoms with Gasteiger partial charge in [0.1, 0.15) is 6.10 Å². The van der Waals surface area contributed by atoms with Crippen molar-refractivity contribution >= 4 is 7.82 Å². The maximum absolute atomic E-state index is 12.5. The van der Waals surface area contributed by atoms with Crippen molar-refractivity contribution in [2.24, 2.45) is 0 Å². The van der Waals surface area contributed by atoms with E-state index in [0.29, 0.717) is 19.8 Å². The Morgan fingerprint density at radius 1 is 1.00 bits per heavy atom. The highest BCUT2D eigenvalue weighted by molar-refractivity contribution is 7.48. The van der Waals surface area contributed by atoms with Crippen molar-refractivity contribution in [1.29, 1.82) is 0 Å². The molecule has 0 N–H and O–H groups in total. The van der Waals surface area contributed by atoms with E-state index in [2.05, 4.69) is 0 Å². The molecule has 138 valence electrons. The lowest BCUT2D eigenvalue weighted by atomic mass is 10.2. The third kappa shape index (κ3) is 8.92. The van der Waals surface area contributed by atoms with Gasteiger partial charge in [-0.3, -0.25) is 13.6 Å². The van der Waals surface area contributed by atoms with Crippen LogP contribution in [0.2, 0.25) is 0 Å². The summed E-state index contributed by atoms with van der Waals surface area (Å²) >= 11 is 0. The van der Waals surface area contributed by atoms with Crippen molar-refractivity contribution in [1.82, 2.24) is 0 Å². The molecule has 0 aliphatic carbocycles. The summed E-state index contributed by atoms with van der Waals surface area (Å²) in [5.74, 6) is 0. The summed E-state index contributed by atoms with van der Waals surface area (Å²) in [4.78, 5) is 0. The van der Waals surface area contributed by atoms with E-state index in [-0.39, 0.29) is 19.3 Å². The quantitative estimate of drug-likeness (QED) is 0.366. The Hall–Kier alpha value is -0.750. The highest BCUT2D eigenvalue weighted by atomic mass is 31.2. The van der Waals surface area contributed by atoms with Gasteiger partial charge in [-0.15, -0.1) is 0 Å². The average molecular weight is 360 g/mol. The smallest absolute Gasteiger partial charge is 0.379 e. The van der Waals surface area contributed by atoms with Gasteiger partial charge in [0.25, 0.3) is 0 Å². The van der Waals surface area contributed by atoms with Gasteiger partial charge in [0.15, 0.2) is 0 Å². The Kier molecular flexibility index (Phi) is 11.2. The van der Waals surface area contributed by atoms with Gasteiger partial charge in [-0.2, -0.15) is 0 Å². The first-order chi connectivity index (χ1) is 11.6. The molecule has 1 aromatic carbocycles. The first-order valence-electron chi connectivity index (χ1n) is 8.31. The second kappa shape index (κ2) is 12.6. The number of benzene rings is 1. The summed E-state index contributed by atoms with van der Waals surface area (Å²) in [7, 11) is -2.32. The normalized spacial score (nSPS) is 15.1. The van der Waals surface area contributed by atoms with E-state index in [1.54, 1.807) is 0 Å².